The molecular formula is C16H20O4. The molecule has 0 aliphatic rings. The number of aliphatic hydroxyl groups excluding tert-OH is 1. The lowest BCUT2D eigenvalue weighted by Gasteiger charge is -2.05. The number of esters is 1. The summed E-state index contributed by atoms with van der Waals surface area (Å²) in [5.74, 6) is -0.863. The minimum absolute atomic E-state index is 0.0654. The molecule has 0 aromatic heterocycles. The van der Waals surface area contributed by atoms with E-state index in [9.17, 15) is 14.7 Å². The van der Waals surface area contributed by atoms with Crippen LogP contribution < -0.4 is 0 Å². The number of benzene rings is 1. The number of hydrogen-bond acceptors (Lipinski definition) is 4. The summed E-state index contributed by atoms with van der Waals surface area (Å²) in [5, 5.41) is 9.68. The third kappa shape index (κ3) is 6.85. The van der Waals surface area contributed by atoms with Gasteiger partial charge in [-0.25, -0.2) is 0 Å². The van der Waals surface area contributed by atoms with E-state index in [1.807, 2.05) is 36.4 Å². The van der Waals surface area contributed by atoms with Crippen LogP contribution in [-0.2, 0) is 20.7 Å². The third-order valence-corrected chi connectivity index (χ3v) is 2.64. The van der Waals surface area contributed by atoms with Gasteiger partial charge in [0, 0.05) is 6.42 Å². The summed E-state index contributed by atoms with van der Waals surface area (Å²) >= 11 is 0. The summed E-state index contributed by atoms with van der Waals surface area (Å²) in [4.78, 5) is 22.6. The smallest absolute Gasteiger partial charge is 0.313 e. The predicted octanol–water partition coefficient (Wildman–Crippen LogP) is 2.06. The van der Waals surface area contributed by atoms with E-state index in [-0.39, 0.29) is 25.2 Å². The first-order valence-corrected chi connectivity index (χ1v) is 6.67. The fourth-order valence-corrected chi connectivity index (χ4v) is 1.72. The molecule has 20 heavy (non-hydrogen) atoms. The zero-order valence-corrected chi connectivity index (χ0v) is 11.6. The van der Waals surface area contributed by atoms with Crippen LogP contribution in [0.25, 0.3) is 0 Å². The number of aliphatic hydroxyl groups is 1. The van der Waals surface area contributed by atoms with Gasteiger partial charge in [0.1, 0.15) is 12.2 Å². The number of rotatable bonds is 8. The zero-order valence-electron chi connectivity index (χ0n) is 11.6. The normalized spacial score (nSPS) is 12.3. The van der Waals surface area contributed by atoms with Crippen LogP contribution in [0.1, 0.15) is 25.3 Å². The van der Waals surface area contributed by atoms with Crippen molar-refractivity contribution in [2.24, 2.45) is 0 Å². The zero-order chi connectivity index (χ0) is 14.8. The van der Waals surface area contributed by atoms with Crippen molar-refractivity contribution >= 4 is 11.8 Å². The Morgan fingerprint density at radius 3 is 2.65 bits per heavy atom. The molecule has 1 unspecified atom stereocenters. The molecule has 0 radical (unpaired) electrons. The first-order valence-electron chi connectivity index (χ1n) is 6.67. The number of Topliss-reactive ketones (excluding diaryl/α,β-unsaturated/α-hetero) is 1. The Morgan fingerprint density at radius 2 is 2.00 bits per heavy atom. The van der Waals surface area contributed by atoms with Crippen molar-refractivity contribution in [3.05, 3.63) is 48.0 Å². The Bertz CT molecular complexity index is 451. The second-order valence-electron chi connectivity index (χ2n) is 4.41. The maximum absolute atomic E-state index is 11.5. The quantitative estimate of drug-likeness (QED) is 0.448. The van der Waals surface area contributed by atoms with Crippen molar-refractivity contribution in [2.75, 3.05) is 6.61 Å². The second kappa shape index (κ2) is 9.04. The SMILES string of the molecule is CCOC(=O)CC(=O)CC(O)C=CCc1ccccc1. The fraction of sp³-hybridized carbons (Fsp3) is 0.375. The fourth-order valence-electron chi connectivity index (χ4n) is 1.72. The van der Waals surface area contributed by atoms with E-state index in [0.29, 0.717) is 6.42 Å². The highest BCUT2D eigenvalue weighted by Gasteiger charge is 2.13. The molecule has 1 N–H and O–H groups in total. The van der Waals surface area contributed by atoms with Gasteiger partial charge in [0.2, 0.25) is 0 Å². The molecule has 0 amide bonds. The second-order valence-corrected chi connectivity index (χ2v) is 4.41. The van der Waals surface area contributed by atoms with E-state index in [1.165, 1.54) is 0 Å². The largest absolute Gasteiger partial charge is 0.466 e. The topological polar surface area (TPSA) is 63.6 Å². The van der Waals surface area contributed by atoms with Gasteiger partial charge >= 0.3 is 5.97 Å². The molecule has 108 valence electrons. The lowest BCUT2D eigenvalue weighted by atomic mass is 10.1. The van der Waals surface area contributed by atoms with Crippen LogP contribution in [0, 0.1) is 0 Å². The molecule has 0 aliphatic carbocycles. The van der Waals surface area contributed by atoms with E-state index < -0.39 is 12.1 Å². The standard InChI is InChI=1S/C16H20O4/c1-2-20-16(19)12-15(18)11-14(17)10-6-9-13-7-4-3-5-8-13/h3-8,10,14,17H,2,9,11-12H2,1H3. The summed E-state index contributed by atoms with van der Waals surface area (Å²) in [6.07, 6.45) is 2.89. The van der Waals surface area contributed by atoms with Crippen LogP contribution in [0.3, 0.4) is 0 Å². The molecule has 0 heterocycles. The Morgan fingerprint density at radius 1 is 1.30 bits per heavy atom. The Labute approximate surface area is 119 Å². The van der Waals surface area contributed by atoms with Gasteiger partial charge in [-0.05, 0) is 18.9 Å². The Balaban J connectivity index is 2.30. The van der Waals surface area contributed by atoms with Crippen LogP contribution >= 0.6 is 0 Å². The van der Waals surface area contributed by atoms with Gasteiger partial charge in [-0.15, -0.1) is 0 Å². The number of hydrogen-bond donors (Lipinski definition) is 1. The maximum Gasteiger partial charge on any atom is 0.313 e. The molecule has 0 spiro atoms. The lowest BCUT2D eigenvalue weighted by molar-refractivity contribution is -0.145. The molecule has 1 rings (SSSR count). The van der Waals surface area contributed by atoms with Crippen LogP contribution in [-0.4, -0.2) is 29.6 Å². The van der Waals surface area contributed by atoms with Gasteiger partial charge in [-0.3, -0.25) is 9.59 Å². The molecule has 0 saturated carbocycles. The highest BCUT2D eigenvalue weighted by atomic mass is 16.5. The van der Waals surface area contributed by atoms with E-state index in [0.717, 1.165) is 5.56 Å². The molecular weight excluding hydrogens is 256 g/mol. The van der Waals surface area contributed by atoms with Gasteiger partial charge < -0.3 is 9.84 Å². The average molecular weight is 276 g/mol. The summed E-state index contributed by atoms with van der Waals surface area (Å²) in [5.41, 5.74) is 1.13. The first-order chi connectivity index (χ1) is 9.61. The number of ether oxygens (including phenoxy) is 1. The predicted molar refractivity (Wildman–Crippen MR) is 76.2 cm³/mol. The maximum atomic E-state index is 11.5. The molecule has 0 saturated heterocycles. The number of allylic oxidation sites excluding steroid dienone is 1. The Hall–Kier alpha value is -1.94. The molecule has 1 aromatic rings. The number of carbonyl (C=O) groups excluding carboxylic acids is 2. The van der Waals surface area contributed by atoms with Gasteiger partial charge in [0.25, 0.3) is 0 Å². The van der Waals surface area contributed by atoms with Crippen LogP contribution in [0.15, 0.2) is 42.5 Å². The van der Waals surface area contributed by atoms with Crippen molar-refractivity contribution in [1.82, 2.24) is 0 Å². The van der Waals surface area contributed by atoms with E-state index in [1.54, 1.807) is 13.0 Å². The monoisotopic (exact) mass is 276 g/mol. The Kier molecular flexibility index (Phi) is 7.29. The van der Waals surface area contributed by atoms with E-state index in [2.05, 4.69) is 4.74 Å². The first kappa shape index (κ1) is 16.1. The minimum Gasteiger partial charge on any atom is -0.466 e. The lowest BCUT2D eigenvalue weighted by Crippen LogP contribution is -2.16. The molecule has 1 atom stereocenters. The summed E-state index contributed by atoms with van der Waals surface area (Å²) in [6.45, 7) is 1.94. The van der Waals surface area contributed by atoms with E-state index in [4.69, 9.17) is 0 Å². The third-order valence-electron chi connectivity index (χ3n) is 2.64. The van der Waals surface area contributed by atoms with Crippen molar-refractivity contribution in [3.63, 3.8) is 0 Å². The molecule has 0 bridgehead atoms. The van der Waals surface area contributed by atoms with Crippen LogP contribution in [0.4, 0.5) is 0 Å². The van der Waals surface area contributed by atoms with Crippen LogP contribution in [0.5, 0.6) is 0 Å². The highest BCUT2D eigenvalue weighted by Crippen LogP contribution is 2.03. The van der Waals surface area contributed by atoms with E-state index >= 15 is 0 Å². The van der Waals surface area contributed by atoms with Crippen molar-refractivity contribution in [2.45, 2.75) is 32.3 Å². The van der Waals surface area contributed by atoms with Crippen molar-refractivity contribution in [3.8, 4) is 0 Å². The van der Waals surface area contributed by atoms with Gasteiger partial charge in [-0.2, -0.15) is 0 Å². The molecule has 4 heteroatoms. The van der Waals surface area contributed by atoms with Gasteiger partial charge in [0.05, 0.1) is 12.7 Å². The van der Waals surface area contributed by atoms with Crippen LogP contribution in [0.2, 0.25) is 0 Å². The average Bonchev–Trinajstić information content (AvgIpc) is 2.39. The summed E-state index contributed by atoms with van der Waals surface area (Å²) in [6, 6.07) is 9.81. The summed E-state index contributed by atoms with van der Waals surface area (Å²) in [7, 11) is 0. The molecule has 0 fully saturated rings. The minimum atomic E-state index is -0.861. The highest BCUT2D eigenvalue weighted by molar-refractivity contribution is 5.95. The molecule has 0 aliphatic heterocycles. The molecule has 1 aromatic carbocycles. The number of carbonyl (C=O) groups is 2. The van der Waals surface area contributed by atoms with Gasteiger partial charge in [-0.1, -0.05) is 42.5 Å². The van der Waals surface area contributed by atoms with Gasteiger partial charge in [0.15, 0.2) is 0 Å². The number of ketones is 1. The molecule has 4 nitrogen and oxygen atoms in total. The summed E-state index contributed by atoms with van der Waals surface area (Å²) < 4.78 is 4.67. The van der Waals surface area contributed by atoms with Crippen molar-refractivity contribution in [1.29, 1.82) is 0 Å². The van der Waals surface area contributed by atoms with Crippen molar-refractivity contribution < 1.29 is 19.4 Å².